The Morgan fingerprint density at radius 3 is 2.13 bits per heavy atom. The van der Waals surface area contributed by atoms with Gasteiger partial charge in [-0.1, -0.05) is 99.6 Å². The van der Waals surface area contributed by atoms with E-state index in [1.54, 1.807) is 4.68 Å². The second-order valence-electron chi connectivity index (χ2n) is 11.4. The van der Waals surface area contributed by atoms with Crippen LogP contribution in [0.1, 0.15) is 80.0 Å². The number of hydroxylamine groups is 1. The third-order valence-electron chi connectivity index (χ3n) is 8.58. The molecular weight excluding hydrogens is 482 g/mol. The fourth-order valence-electron chi connectivity index (χ4n) is 6.58. The molecule has 200 valence electrons. The van der Waals surface area contributed by atoms with E-state index in [1.165, 1.54) is 5.56 Å². The van der Waals surface area contributed by atoms with Crippen LogP contribution in [0.5, 0.6) is 0 Å². The average molecular weight is 520 g/mol. The first-order valence-electron chi connectivity index (χ1n) is 14.2. The van der Waals surface area contributed by atoms with Crippen molar-refractivity contribution in [2.24, 2.45) is 11.8 Å². The van der Waals surface area contributed by atoms with Gasteiger partial charge in [0.2, 0.25) is 0 Å². The molecule has 1 aliphatic carbocycles. The number of carbonyl (C=O) groups is 1. The Hall–Kier alpha value is -3.70. The number of fused-ring (bicyclic) bond motifs is 1. The molecule has 2 heterocycles. The molecule has 5 nitrogen and oxygen atoms in total. The lowest BCUT2D eigenvalue weighted by Gasteiger charge is -2.29. The van der Waals surface area contributed by atoms with Crippen molar-refractivity contribution >= 4 is 11.6 Å². The molecule has 4 aromatic rings. The van der Waals surface area contributed by atoms with Gasteiger partial charge in [-0.15, -0.1) is 0 Å². The Morgan fingerprint density at radius 1 is 0.872 bits per heavy atom. The SMILES string of the molecule is CC(C)[C@@H]1CC[C@@H](C)c2c1nn(C(=O)[C@H]1[C@H](C)ON(c3ccccc3)[C@@H]1c1ccccc1)c2-c1ccccc1. The van der Waals surface area contributed by atoms with Crippen molar-refractivity contribution in [1.29, 1.82) is 0 Å². The average Bonchev–Trinajstić information content (AvgIpc) is 3.53. The number of aromatic nitrogens is 2. The number of anilines is 1. The van der Waals surface area contributed by atoms with E-state index < -0.39 is 5.92 Å². The fourth-order valence-corrected chi connectivity index (χ4v) is 6.58. The summed E-state index contributed by atoms with van der Waals surface area (Å²) in [6.07, 6.45) is 1.88. The summed E-state index contributed by atoms with van der Waals surface area (Å²) in [5.41, 5.74) is 6.31. The van der Waals surface area contributed by atoms with Crippen LogP contribution in [-0.4, -0.2) is 21.8 Å². The molecule has 1 aliphatic heterocycles. The first kappa shape index (κ1) is 25.6. The normalized spacial score (nSPS) is 24.6. The molecule has 0 saturated carbocycles. The number of para-hydroxylation sites is 1. The van der Waals surface area contributed by atoms with Crippen LogP contribution in [0.25, 0.3) is 11.3 Å². The number of nitrogens with zero attached hydrogens (tertiary/aromatic N) is 3. The smallest absolute Gasteiger partial charge is 0.255 e. The summed E-state index contributed by atoms with van der Waals surface area (Å²) in [4.78, 5) is 21.3. The molecule has 0 N–H and O–H groups in total. The first-order chi connectivity index (χ1) is 19.0. The van der Waals surface area contributed by atoms with E-state index in [4.69, 9.17) is 9.94 Å². The quantitative estimate of drug-likeness (QED) is 0.268. The van der Waals surface area contributed by atoms with Crippen LogP contribution < -0.4 is 5.06 Å². The van der Waals surface area contributed by atoms with E-state index in [1.807, 2.05) is 78.7 Å². The summed E-state index contributed by atoms with van der Waals surface area (Å²) >= 11 is 0. The van der Waals surface area contributed by atoms with E-state index in [2.05, 4.69) is 45.0 Å². The van der Waals surface area contributed by atoms with Gasteiger partial charge in [0.1, 0.15) is 0 Å². The number of rotatable bonds is 5. The number of carbonyl (C=O) groups excluding carboxylic acids is 1. The van der Waals surface area contributed by atoms with E-state index in [0.29, 0.717) is 17.8 Å². The molecular formula is C34H37N3O2. The largest absolute Gasteiger partial charge is 0.272 e. The molecule has 0 radical (unpaired) electrons. The van der Waals surface area contributed by atoms with Gasteiger partial charge in [0.05, 0.1) is 35.1 Å². The molecule has 0 spiro atoms. The highest BCUT2D eigenvalue weighted by Gasteiger charge is 2.48. The highest BCUT2D eigenvalue weighted by atomic mass is 16.7. The van der Waals surface area contributed by atoms with Gasteiger partial charge in [-0.2, -0.15) is 9.78 Å². The van der Waals surface area contributed by atoms with E-state index in [0.717, 1.165) is 41.0 Å². The van der Waals surface area contributed by atoms with Gasteiger partial charge in [0.15, 0.2) is 0 Å². The van der Waals surface area contributed by atoms with Crippen molar-refractivity contribution in [2.75, 3.05) is 5.06 Å². The van der Waals surface area contributed by atoms with Gasteiger partial charge in [-0.05, 0) is 49.3 Å². The number of benzene rings is 3. The van der Waals surface area contributed by atoms with Crippen molar-refractivity contribution in [2.45, 2.75) is 64.5 Å². The molecule has 5 atom stereocenters. The van der Waals surface area contributed by atoms with Crippen molar-refractivity contribution < 1.29 is 9.63 Å². The molecule has 0 unspecified atom stereocenters. The maximum absolute atomic E-state index is 14.8. The molecule has 2 aliphatic rings. The summed E-state index contributed by atoms with van der Waals surface area (Å²) in [5.74, 6) is 0.685. The Bertz CT molecular complexity index is 1430. The van der Waals surface area contributed by atoms with Gasteiger partial charge in [0.25, 0.3) is 5.91 Å². The maximum Gasteiger partial charge on any atom is 0.255 e. The zero-order valence-electron chi connectivity index (χ0n) is 23.2. The molecule has 1 aromatic heterocycles. The van der Waals surface area contributed by atoms with Gasteiger partial charge < -0.3 is 0 Å². The van der Waals surface area contributed by atoms with Crippen LogP contribution in [0.3, 0.4) is 0 Å². The van der Waals surface area contributed by atoms with Gasteiger partial charge >= 0.3 is 0 Å². The molecule has 3 aromatic carbocycles. The summed E-state index contributed by atoms with van der Waals surface area (Å²) in [6, 6.07) is 30.4. The highest BCUT2D eigenvalue weighted by molar-refractivity contribution is 5.88. The standard InChI is InChI=1S/C34H37N3O2/c1-22(2)28-21-20-23(3)29-31(28)35-36(32(29)25-14-8-5-9-15-25)34(38)30-24(4)39-37(27-18-12-7-13-19-27)33(30)26-16-10-6-11-17-26/h5-19,22-24,28,30,33H,20-21H2,1-4H3/t23-,24+,28+,30+,33-/m1/s1. The second-order valence-corrected chi connectivity index (χ2v) is 11.4. The van der Waals surface area contributed by atoms with Crippen molar-refractivity contribution in [1.82, 2.24) is 9.78 Å². The minimum Gasteiger partial charge on any atom is -0.272 e. The minimum absolute atomic E-state index is 0.0160. The molecule has 0 amide bonds. The molecule has 5 heteroatoms. The van der Waals surface area contributed by atoms with E-state index >= 15 is 0 Å². The summed E-state index contributed by atoms with van der Waals surface area (Å²) < 4.78 is 1.74. The van der Waals surface area contributed by atoms with Crippen LogP contribution in [0.4, 0.5) is 5.69 Å². The Labute approximate surface area is 231 Å². The van der Waals surface area contributed by atoms with Crippen LogP contribution in [-0.2, 0) is 4.84 Å². The van der Waals surface area contributed by atoms with Crippen molar-refractivity contribution in [3.8, 4) is 11.3 Å². The van der Waals surface area contributed by atoms with Gasteiger partial charge in [-0.3, -0.25) is 9.63 Å². The van der Waals surface area contributed by atoms with Crippen molar-refractivity contribution in [3.05, 3.63) is 108 Å². The molecule has 1 saturated heterocycles. The van der Waals surface area contributed by atoms with Crippen LogP contribution in [0.2, 0.25) is 0 Å². The zero-order valence-corrected chi connectivity index (χ0v) is 23.2. The fraction of sp³-hybridized carbons (Fsp3) is 0.353. The number of hydrogen-bond donors (Lipinski definition) is 0. The third-order valence-corrected chi connectivity index (χ3v) is 8.58. The lowest BCUT2D eigenvalue weighted by Crippen LogP contribution is -2.33. The Kier molecular flexibility index (Phi) is 6.86. The highest BCUT2D eigenvalue weighted by Crippen LogP contribution is 2.48. The van der Waals surface area contributed by atoms with E-state index in [-0.39, 0.29) is 18.1 Å². The zero-order chi connectivity index (χ0) is 27.1. The predicted octanol–water partition coefficient (Wildman–Crippen LogP) is 8.03. The van der Waals surface area contributed by atoms with Gasteiger partial charge in [-0.25, -0.2) is 5.06 Å². The topological polar surface area (TPSA) is 47.4 Å². The second kappa shape index (κ2) is 10.5. The van der Waals surface area contributed by atoms with Crippen LogP contribution in [0.15, 0.2) is 91.0 Å². The molecule has 6 rings (SSSR count). The monoisotopic (exact) mass is 519 g/mol. The Balaban J connectivity index is 1.52. The maximum atomic E-state index is 14.8. The lowest BCUT2D eigenvalue weighted by molar-refractivity contribution is 0.0620. The first-order valence-corrected chi connectivity index (χ1v) is 14.2. The number of hydrogen-bond acceptors (Lipinski definition) is 4. The molecule has 0 bridgehead atoms. The minimum atomic E-state index is -0.441. The third kappa shape index (κ3) is 4.49. The predicted molar refractivity (Wildman–Crippen MR) is 156 cm³/mol. The molecule has 39 heavy (non-hydrogen) atoms. The van der Waals surface area contributed by atoms with Crippen LogP contribution >= 0.6 is 0 Å². The lowest BCUT2D eigenvalue weighted by atomic mass is 9.75. The summed E-state index contributed by atoms with van der Waals surface area (Å²) in [6.45, 7) is 8.82. The molecule has 1 fully saturated rings. The summed E-state index contributed by atoms with van der Waals surface area (Å²) in [5, 5.41) is 7.10. The van der Waals surface area contributed by atoms with Crippen LogP contribution in [0, 0.1) is 11.8 Å². The van der Waals surface area contributed by atoms with E-state index in [9.17, 15) is 4.79 Å². The van der Waals surface area contributed by atoms with Gasteiger partial charge in [0, 0.05) is 17.0 Å². The Morgan fingerprint density at radius 2 is 1.49 bits per heavy atom. The van der Waals surface area contributed by atoms with Crippen molar-refractivity contribution in [3.63, 3.8) is 0 Å². The summed E-state index contributed by atoms with van der Waals surface area (Å²) in [7, 11) is 0.